The quantitative estimate of drug-likeness (QED) is 0.498. The average Bonchev–Trinajstić information content (AvgIpc) is 2.25. The number of carbonyl (C=O) groups excluding carboxylic acids is 1. The van der Waals surface area contributed by atoms with Crippen LogP contribution < -0.4 is 15.6 Å². The first-order valence-electron chi connectivity index (χ1n) is 5.04. The first-order valence-corrected chi connectivity index (χ1v) is 7.20. The molecule has 0 spiro atoms. The van der Waals surface area contributed by atoms with Crippen molar-refractivity contribution in [3.05, 3.63) is 24.8 Å². The van der Waals surface area contributed by atoms with Crippen LogP contribution in [0.3, 0.4) is 0 Å². The van der Waals surface area contributed by atoms with E-state index in [-0.39, 0.29) is 24.4 Å². The molecule has 0 aliphatic rings. The minimum Gasteiger partial charge on any atom is -0.495 e. The molecule has 1 aromatic carbocycles. The van der Waals surface area contributed by atoms with E-state index in [2.05, 4.69) is 56.0 Å². The van der Waals surface area contributed by atoms with Gasteiger partial charge < -0.3 is 4.74 Å². The van der Waals surface area contributed by atoms with Gasteiger partial charge in [-0.3, -0.25) is 10.2 Å². The van der Waals surface area contributed by atoms with Crippen molar-refractivity contribution < 1.29 is 9.53 Å². The third kappa shape index (κ3) is 5.06. The molecule has 0 fully saturated rings. The predicted molar refractivity (Wildman–Crippen MR) is 91.4 cm³/mol. The van der Waals surface area contributed by atoms with Gasteiger partial charge in [-0.2, -0.15) is 0 Å². The number of rotatable bonds is 4. The van der Waals surface area contributed by atoms with E-state index in [4.69, 9.17) is 4.74 Å². The summed E-state index contributed by atoms with van der Waals surface area (Å²) < 4.78 is 7.09. The lowest BCUT2D eigenvalue weighted by molar-refractivity contribution is 0.0927. The summed E-state index contributed by atoms with van der Waals surface area (Å²) in [6.07, 6.45) is 0. The third-order valence-corrected chi connectivity index (χ3v) is 3.54. The lowest BCUT2D eigenvalue weighted by atomic mass is 10.2. The molecule has 1 aromatic rings. The summed E-state index contributed by atoms with van der Waals surface area (Å²) in [5.74, 6) is 0.664. The minimum atomic E-state index is -0.141. The molecule has 7 heteroatoms. The van der Waals surface area contributed by atoms with Crippen molar-refractivity contribution in [3.63, 3.8) is 0 Å². The second kappa shape index (κ2) is 8.39. The van der Waals surface area contributed by atoms with Gasteiger partial charge in [0.25, 0.3) is 5.91 Å². The molecule has 0 unspecified atom stereocenters. The zero-order chi connectivity index (χ0) is 13.0. The summed E-state index contributed by atoms with van der Waals surface area (Å²) in [5.41, 5.74) is 6.15. The Hall–Kier alpha value is 0.200. The Morgan fingerprint density at radius 1 is 1.28 bits per heavy atom. The van der Waals surface area contributed by atoms with E-state index >= 15 is 0 Å². The van der Waals surface area contributed by atoms with E-state index in [1.165, 1.54) is 0 Å². The molecule has 0 heterocycles. The number of carbonyl (C=O) groups is 1. The molecule has 0 bridgehead atoms. The van der Waals surface area contributed by atoms with Crippen molar-refractivity contribution in [1.29, 1.82) is 0 Å². The Bertz CT molecular complexity index is 404. The van der Waals surface area contributed by atoms with E-state index in [1.807, 2.05) is 13.8 Å². The molecule has 4 nitrogen and oxygen atoms in total. The van der Waals surface area contributed by atoms with Crippen LogP contribution in [-0.4, -0.2) is 19.1 Å². The zero-order valence-corrected chi connectivity index (χ0v) is 15.3. The van der Waals surface area contributed by atoms with Gasteiger partial charge in [-0.1, -0.05) is 0 Å². The molecule has 0 saturated carbocycles. The Labute approximate surface area is 140 Å². The van der Waals surface area contributed by atoms with E-state index in [1.54, 1.807) is 19.2 Å². The Balaban J connectivity index is 0.00000289. The van der Waals surface area contributed by atoms with Crippen LogP contribution in [0, 0.1) is 7.14 Å². The predicted octanol–water partition coefficient (Wildman–Crippen LogP) is 2.97. The summed E-state index contributed by atoms with van der Waals surface area (Å²) in [5, 5.41) is 0. The van der Waals surface area contributed by atoms with Crippen molar-refractivity contribution in [2.75, 3.05) is 7.11 Å². The number of ether oxygens (including phenoxy) is 1. The fourth-order valence-corrected chi connectivity index (χ4v) is 3.38. The lowest BCUT2D eigenvalue weighted by Crippen LogP contribution is -2.41. The Kier molecular flexibility index (Phi) is 8.48. The molecule has 0 atom stereocenters. The highest BCUT2D eigenvalue weighted by Gasteiger charge is 2.12. The van der Waals surface area contributed by atoms with Crippen molar-refractivity contribution in [3.8, 4) is 5.75 Å². The second-order valence-electron chi connectivity index (χ2n) is 3.73. The number of hydrazine groups is 1. The fourth-order valence-electron chi connectivity index (χ4n) is 1.17. The maximum Gasteiger partial charge on any atom is 0.265 e. The standard InChI is InChI=1S/C11H14I2N2O2.ClH/c1-6(2)14-15-11(16)7-4-8(12)10(17-3)9(13)5-7;/h4-6,14H,1-3H3,(H,15,16);1H. The van der Waals surface area contributed by atoms with Gasteiger partial charge >= 0.3 is 0 Å². The molecule has 0 aromatic heterocycles. The summed E-state index contributed by atoms with van der Waals surface area (Å²) in [6.45, 7) is 3.92. The second-order valence-corrected chi connectivity index (χ2v) is 6.05. The molecule has 0 aliphatic heterocycles. The molecule has 1 rings (SSSR count). The molecule has 18 heavy (non-hydrogen) atoms. The number of nitrogens with one attached hydrogen (secondary N) is 2. The van der Waals surface area contributed by atoms with Crippen LogP contribution in [0.25, 0.3) is 0 Å². The lowest BCUT2D eigenvalue weighted by Gasteiger charge is -2.12. The summed E-state index contributed by atoms with van der Waals surface area (Å²) in [6, 6.07) is 3.81. The number of benzene rings is 1. The van der Waals surface area contributed by atoms with E-state index in [9.17, 15) is 4.79 Å². The third-order valence-electron chi connectivity index (χ3n) is 1.94. The largest absolute Gasteiger partial charge is 0.495 e. The van der Waals surface area contributed by atoms with Gasteiger partial charge in [0.2, 0.25) is 0 Å². The smallest absolute Gasteiger partial charge is 0.265 e. The molecular formula is C11H15ClI2N2O2. The number of hydrogen-bond acceptors (Lipinski definition) is 3. The number of hydrogen-bond donors (Lipinski definition) is 2. The number of amides is 1. The van der Waals surface area contributed by atoms with Gasteiger partial charge in [0.1, 0.15) is 5.75 Å². The van der Waals surface area contributed by atoms with Gasteiger partial charge in [0.15, 0.2) is 0 Å². The van der Waals surface area contributed by atoms with E-state index < -0.39 is 0 Å². The van der Waals surface area contributed by atoms with Crippen LogP contribution in [0.1, 0.15) is 24.2 Å². The van der Waals surface area contributed by atoms with Crippen molar-refractivity contribution in [1.82, 2.24) is 10.9 Å². The maximum absolute atomic E-state index is 11.8. The van der Waals surface area contributed by atoms with Crippen LogP contribution in [0.5, 0.6) is 5.75 Å². The number of halogens is 3. The van der Waals surface area contributed by atoms with Crippen molar-refractivity contribution in [2.24, 2.45) is 0 Å². The molecule has 0 radical (unpaired) electrons. The van der Waals surface area contributed by atoms with Crippen LogP contribution in [-0.2, 0) is 0 Å². The van der Waals surface area contributed by atoms with E-state index in [0.29, 0.717) is 5.56 Å². The Morgan fingerprint density at radius 3 is 2.17 bits per heavy atom. The van der Waals surface area contributed by atoms with Crippen molar-refractivity contribution >= 4 is 63.5 Å². The van der Waals surface area contributed by atoms with Gasteiger partial charge in [-0.05, 0) is 71.2 Å². The molecule has 0 saturated heterocycles. The topological polar surface area (TPSA) is 50.4 Å². The highest BCUT2D eigenvalue weighted by atomic mass is 127. The Morgan fingerprint density at radius 2 is 1.78 bits per heavy atom. The number of methoxy groups -OCH3 is 1. The molecule has 2 N–H and O–H groups in total. The average molecular weight is 497 g/mol. The molecule has 0 aliphatic carbocycles. The summed E-state index contributed by atoms with van der Waals surface area (Å²) >= 11 is 4.31. The monoisotopic (exact) mass is 496 g/mol. The SMILES string of the molecule is COc1c(I)cc(C(=O)NNC(C)C)cc1I.Cl. The van der Waals surface area contributed by atoms with Crippen LogP contribution in [0.15, 0.2) is 12.1 Å². The van der Waals surface area contributed by atoms with Crippen molar-refractivity contribution in [2.45, 2.75) is 19.9 Å². The van der Waals surface area contributed by atoms with Crippen LogP contribution >= 0.6 is 57.6 Å². The zero-order valence-electron chi connectivity index (χ0n) is 10.2. The van der Waals surface area contributed by atoms with Gasteiger partial charge in [-0.25, -0.2) is 5.43 Å². The van der Waals surface area contributed by atoms with Gasteiger partial charge in [-0.15, -0.1) is 12.4 Å². The van der Waals surface area contributed by atoms with Gasteiger partial charge in [0.05, 0.1) is 14.3 Å². The molecular weight excluding hydrogens is 481 g/mol. The highest BCUT2D eigenvalue weighted by Crippen LogP contribution is 2.28. The molecule has 1 amide bonds. The van der Waals surface area contributed by atoms with E-state index in [0.717, 1.165) is 12.9 Å². The first kappa shape index (κ1) is 18.2. The van der Waals surface area contributed by atoms with Crippen LogP contribution in [0.2, 0.25) is 0 Å². The summed E-state index contributed by atoms with van der Waals surface area (Å²) in [7, 11) is 1.62. The minimum absolute atomic E-state index is 0. The molecule has 102 valence electrons. The normalized spacial score (nSPS) is 9.89. The summed E-state index contributed by atoms with van der Waals surface area (Å²) in [4.78, 5) is 11.8. The maximum atomic E-state index is 11.8. The van der Waals surface area contributed by atoms with Crippen LogP contribution in [0.4, 0.5) is 0 Å². The highest BCUT2D eigenvalue weighted by molar-refractivity contribution is 14.1. The fraction of sp³-hybridized carbons (Fsp3) is 0.364. The first-order chi connectivity index (χ1) is 7.95. The van der Waals surface area contributed by atoms with Gasteiger partial charge in [0, 0.05) is 11.6 Å².